The summed E-state index contributed by atoms with van der Waals surface area (Å²) >= 11 is 5.60. The van der Waals surface area contributed by atoms with E-state index in [0.717, 1.165) is 6.07 Å². The number of ether oxygens (including phenoxy) is 2. The van der Waals surface area contributed by atoms with Crippen molar-refractivity contribution in [3.05, 3.63) is 28.8 Å². The Morgan fingerprint density at radius 3 is 2.68 bits per heavy atom. The summed E-state index contributed by atoms with van der Waals surface area (Å²) in [6, 6.07) is 4.01. The van der Waals surface area contributed by atoms with Crippen LogP contribution in [0.1, 0.15) is 28.4 Å². The molecule has 0 amide bonds. The first-order valence-corrected chi connectivity index (χ1v) is 5.81. The summed E-state index contributed by atoms with van der Waals surface area (Å²) in [5, 5.41) is 8.92. The Hall–Kier alpha value is -1.87. The maximum Gasteiger partial charge on any atom is 0.387 e. The van der Waals surface area contributed by atoms with Crippen LogP contribution in [0.2, 0.25) is 0 Å². The first-order valence-electron chi connectivity index (χ1n) is 5.28. The van der Waals surface area contributed by atoms with E-state index >= 15 is 0 Å². The van der Waals surface area contributed by atoms with E-state index in [-0.39, 0.29) is 34.9 Å². The summed E-state index contributed by atoms with van der Waals surface area (Å²) in [6.45, 7) is -1.29. The minimum absolute atomic E-state index is 0.0263. The SMILES string of the molecule is CCOC(=O)c1cc(CCl)c(OC(F)F)cc1C#N. The van der Waals surface area contributed by atoms with Gasteiger partial charge in [-0.2, -0.15) is 14.0 Å². The molecule has 1 rings (SSSR count). The van der Waals surface area contributed by atoms with Crippen molar-refractivity contribution in [2.24, 2.45) is 0 Å². The molecule has 0 aliphatic rings. The maximum atomic E-state index is 12.2. The van der Waals surface area contributed by atoms with Crippen molar-refractivity contribution < 1.29 is 23.0 Å². The molecule has 0 N–H and O–H groups in total. The third kappa shape index (κ3) is 3.80. The largest absolute Gasteiger partial charge is 0.462 e. The highest BCUT2D eigenvalue weighted by Gasteiger charge is 2.18. The lowest BCUT2D eigenvalue weighted by Gasteiger charge is -2.12. The van der Waals surface area contributed by atoms with Gasteiger partial charge < -0.3 is 9.47 Å². The number of carbonyl (C=O) groups is 1. The number of nitriles is 1. The summed E-state index contributed by atoms with van der Waals surface area (Å²) < 4.78 is 33.4. The summed E-state index contributed by atoms with van der Waals surface area (Å²) in [4.78, 5) is 11.6. The molecule has 0 aromatic heterocycles. The van der Waals surface area contributed by atoms with Crippen molar-refractivity contribution in [2.45, 2.75) is 19.4 Å². The molecule has 0 fully saturated rings. The zero-order chi connectivity index (χ0) is 14.4. The van der Waals surface area contributed by atoms with Gasteiger partial charge in [-0.1, -0.05) is 0 Å². The van der Waals surface area contributed by atoms with E-state index in [0.29, 0.717) is 0 Å². The van der Waals surface area contributed by atoms with Crippen LogP contribution in [-0.4, -0.2) is 19.2 Å². The molecule has 0 spiro atoms. The fraction of sp³-hybridized carbons (Fsp3) is 0.333. The third-order valence-electron chi connectivity index (χ3n) is 2.18. The van der Waals surface area contributed by atoms with Gasteiger partial charge in [0.1, 0.15) is 11.8 Å². The Labute approximate surface area is 113 Å². The van der Waals surface area contributed by atoms with E-state index in [4.69, 9.17) is 21.6 Å². The molecule has 0 radical (unpaired) electrons. The van der Waals surface area contributed by atoms with Crippen molar-refractivity contribution in [3.63, 3.8) is 0 Å². The Morgan fingerprint density at radius 2 is 2.21 bits per heavy atom. The second-order valence-corrected chi connectivity index (χ2v) is 3.62. The van der Waals surface area contributed by atoms with Gasteiger partial charge in [0.2, 0.25) is 0 Å². The molecule has 0 saturated carbocycles. The second-order valence-electron chi connectivity index (χ2n) is 3.35. The molecule has 0 atom stereocenters. The van der Waals surface area contributed by atoms with Gasteiger partial charge in [-0.15, -0.1) is 11.6 Å². The standard InChI is InChI=1S/C12H10ClF2NO3/c1-2-18-11(17)9-3-7(5-13)10(19-12(14)15)4-8(9)6-16/h3-4,12H,2,5H2,1H3. The van der Waals surface area contributed by atoms with Crippen LogP contribution in [-0.2, 0) is 10.6 Å². The molecule has 0 aliphatic carbocycles. The quantitative estimate of drug-likeness (QED) is 0.617. The minimum Gasteiger partial charge on any atom is -0.462 e. The molecule has 0 aliphatic heterocycles. The highest BCUT2D eigenvalue weighted by atomic mass is 35.5. The summed E-state index contributed by atoms with van der Waals surface area (Å²) in [7, 11) is 0. The fourth-order valence-corrected chi connectivity index (χ4v) is 1.61. The van der Waals surface area contributed by atoms with E-state index in [2.05, 4.69) is 4.74 Å². The zero-order valence-electron chi connectivity index (χ0n) is 9.95. The predicted octanol–water partition coefficient (Wildman–Crippen LogP) is 3.08. The van der Waals surface area contributed by atoms with E-state index in [1.165, 1.54) is 6.07 Å². The van der Waals surface area contributed by atoms with E-state index in [1.54, 1.807) is 13.0 Å². The monoisotopic (exact) mass is 289 g/mol. The van der Waals surface area contributed by atoms with E-state index < -0.39 is 12.6 Å². The molecule has 0 heterocycles. The number of hydrogen-bond donors (Lipinski definition) is 0. The van der Waals surface area contributed by atoms with Crippen LogP contribution in [0.4, 0.5) is 8.78 Å². The number of esters is 1. The van der Waals surface area contributed by atoms with Gasteiger partial charge in [0.25, 0.3) is 0 Å². The molecule has 102 valence electrons. The number of hydrogen-bond acceptors (Lipinski definition) is 4. The molecule has 1 aromatic rings. The highest BCUT2D eigenvalue weighted by Crippen LogP contribution is 2.27. The molecular weight excluding hydrogens is 280 g/mol. The number of carbonyl (C=O) groups excluding carboxylic acids is 1. The minimum atomic E-state index is -3.04. The van der Waals surface area contributed by atoms with Crippen LogP contribution in [0.25, 0.3) is 0 Å². The molecular formula is C12H10ClF2NO3. The maximum absolute atomic E-state index is 12.2. The fourth-order valence-electron chi connectivity index (χ4n) is 1.40. The Balaban J connectivity index is 3.27. The summed E-state index contributed by atoms with van der Waals surface area (Å²) in [6.07, 6.45) is 0. The van der Waals surface area contributed by atoms with E-state index in [9.17, 15) is 13.6 Å². The molecule has 0 saturated heterocycles. The van der Waals surface area contributed by atoms with Gasteiger partial charge in [0.05, 0.1) is 23.6 Å². The zero-order valence-corrected chi connectivity index (χ0v) is 10.7. The van der Waals surface area contributed by atoms with Crippen LogP contribution in [0.15, 0.2) is 12.1 Å². The number of rotatable bonds is 5. The van der Waals surface area contributed by atoms with Crippen molar-refractivity contribution in [2.75, 3.05) is 6.61 Å². The van der Waals surface area contributed by atoms with Crippen LogP contribution >= 0.6 is 11.6 Å². The molecule has 0 bridgehead atoms. The van der Waals surface area contributed by atoms with Gasteiger partial charge in [-0.05, 0) is 19.1 Å². The number of nitrogens with zero attached hydrogens (tertiary/aromatic N) is 1. The first kappa shape index (κ1) is 15.2. The van der Waals surface area contributed by atoms with Crippen LogP contribution in [0, 0.1) is 11.3 Å². The van der Waals surface area contributed by atoms with Gasteiger partial charge >= 0.3 is 12.6 Å². The Bertz CT molecular complexity index is 514. The molecule has 4 nitrogen and oxygen atoms in total. The van der Waals surface area contributed by atoms with Crippen molar-refractivity contribution in [1.82, 2.24) is 0 Å². The average Bonchev–Trinajstić information content (AvgIpc) is 2.37. The Morgan fingerprint density at radius 1 is 1.53 bits per heavy atom. The number of alkyl halides is 3. The first-order chi connectivity index (χ1) is 9.03. The van der Waals surface area contributed by atoms with Gasteiger partial charge in [0.15, 0.2) is 0 Å². The van der Waals surface area contributed by atoms with Crippen LogP contribution in [0.5, 0.6) is 5.75 Å². The molecule has 7 heteroatoms. The van der Waals surface area contributed by atoms with E-state index in [1.807, 2.05) is 0 Å². The van der Waals surface area contributed by atoms with Crippen molar-refractivity contribution in [1.29, 1.82) is 5.26 Å². The van der Waals surface area contributed by atoms with Gasteiger partial charge in [-0.3, -0.25) is 0 Å². The van der Waals surface area contributed by atoms with Crippen LogP contribution < -0.4 is 4.74 Å². The molecule has 19 heavy (non-hydrogen) atoms. The number of benzene rings is 1. The second kappa shape index (κ2) is 6.90. The average molecular weight is 290 g/mol. The van der Waals surface area contributed by atoms with Crippen molar-refractivity contribution >= 4 is 17.6 Å². The molecule has 0 unspecified atom stereocenters. The predicted molar refractivity (Wildman–Crippen MR) is 63.3 cm³/mol. The normalized spacial score (nSPS) is 10.1. The lowest BCUT2D eigenvalue weighted by Crippen LogP contribution is -2.10. The topological polar surface area (TPSA) is 59.3 Å². The highest BCUT2D eigenvalue weighted by molar-refractivity contribution is 6.17. The van der Waals surface area contributed by atoms with Gasteiger partial charge in [0, 0.05) is 5.56 Å². The third-order valence-corrected chi connectivity index (χ3v) is 2.46. The van der Waals surface area contributed by atoms with Crippen molar-refractivity contribution in [3.8, 4) is 11.8 Å². The molecule has 1 aromatic carbocycles. The smallest absolute Gasteiger partial charge is 0.387 e. The summed E-state index contributed by atoms with van der Waals surface area (Å²) in [5.74, 6) is -1.08. The van der Waals surface area contributed by atoms with Crippen LogP contribution in [0.3, 0.4) is 0 Å². The Kier molecular flexibility index (Phi) is 5.52. The summed E-state index contributed by atoms with van der Waals surface area (Å²) in [5.41, 5.74) is 0.0496. The lowest BCUT2D eigenvalue weighted by atomic mass is 10.0. The van der Waals surface area contributed by atoms with Gasteiger partial charge in [-0.25, -0.2) is 4.79 Å². The lowest BCUT2D eigenvalue weighted by molar-refractivity contribution is -0.0503. The number of halogens is 3.